The number of carbonyl (C=O) groups is 2. The maximum Gasteiger partial charge on any atom is 0.409 e. The molecule has 2 heterocycles. The highest BCUT2D eigenvalue weighted by Crippen LogP contribution is 2.23. The largest absolute Gasteiger partial charge is 0.453 e. The first-order valence-corrected chi connectivity index (χ1v) is 7.26. The van der Waals surface area contributed by atoms with Crippen LogP contribution < -0.4 is 5.32 Å². The van der Waals surface area contributed by atoms with Gasteiger partial charge in [-0.05, 0) is 36.6 Å². The number of anilines is 1. The number of ether oxygens (including phenoxy) is 1. The molecule has 1 N–H and O–H groups in total. The van der Waals surface area contributed by atoms with Gasteiger partial charge >= 0.3 is 6.09 Å². The highest BCUT2D eigenvalue weighted by molar-refractivity contribution is 6.02. The monoisotopic (exact) mass is 315 g/mol. The van der Waals surface area contributed by atoms with Gasteiger partial charge in [0.2, 0.25) is 0 Å². The number of aryl methyl sites for hydroxylation is 1. The van der Waals surface area contributed by atoms with Gasteiger partial charge in [-0.3, -0.25) is 4.79 Å². The van der Waals surface area contributed by atoms with Crippen LogP contribution in [-0.2, 0) is 17.7 Å². The van der Waals surface area contributed by atoms with Gasteiger partial charge in [-0.25, -0.2) is 4.79 Å². The molecule has 0 atom stereocenters. The molecule has 1 aromatic heterocycles. The number of nitrogens with one attached hydrogen (secondary N) is 1. The number of benzene rings is 1. The molecule has 0 aliphatic carbocycles. The lowest BCUT2D eigenvalue weighted by Crippen LogP contribution is -2.35. The predicted octanol–water partition coefficient (Wildman–Crippen LogP) is 2.36. The number of nitrogens with zero attached hydrogens (tertiary/aromatic N) is 2. The van der Waals surface area contributed by atoms with Crippen LogP contribution in [-0.4, -0.2) is 35.7 Å². The van der Waals surface area contributed by atoms with E-state index < -0.39 is 0 Å². The molecular weight excluding hydrogens is 298 g/mol. The Morgan fingerprint density at radius 2 is 2.13 bits per heavy atom. The van der Waals surface area contributed by atoms with Crippen LogP contribution in [0.25, 0.3) is 0 Å². The maximum atomic E-state index is 12.1. The number of hydrogen-bond donors (Lipinski definition) is 1. The zero-order valence-electron chi connectivity index (χ0n) is 13.0. The van der Waals surface area contributed by atoms with E-state index >= 15 is 0 Å². The van der Waals surface area contributed by atoms with Crippen LogP contribution in [0.1, 0.15) is 27.4 Å². The first-order valence-electron chi connectivity index (χ1n) is 7.26. The third kappa shape index (κ3) is 3.18. The van der Waals surface area contributed by atoms with Gasteiger partial charge < -0.3 is 19.5 Å². The molecular formula is C16H17N3O4. The Labute approximate surface area is 133 Å². The van der Waals surface area contributed by atoms with Crippen LogP contribution in [0.15, 0.2) is 28.8 Å². The van der Waals surface area contributed by atoms with Gasteiger partial charge in [-0.15, -0.1) is 0 Å². The molecule has 0 spiro atoms. The third-order valence-electron chi connectivity index (χ3n) is 3.77. The summed E-state index contributed by atoms with van der Waals surface area (Å²) in [4.78, 5) is 25.4. The average molecular weight is 315 g/mol. The van der Waals surface area contributed by atoms with Crippen LogP contribution in [0.2, 0.25) is 0 Å². The Hall–Kier alpha value is -2.83. The lowest BCUT2D eigenvalue weighted by Gasteiger charge is -2.28. The zero-order chi connectivity index (χ0) is 16.4. The number of amides is 2. The van der Waals surface area contributed by atoms with Crippen LogP contribution in [0, 0.1) is 6.92 Å². The van der Waals surface area contributed by atoms with Gasteiger partial charge in [0.05, 0.1) is 7.11 Å². The topological polar surface area (TPSA) is 84.7 Å². The molecule has 0 saturated carbocycles. The molecule has 120 valence electrons. The van der Waals surface area contributed by atoms with Crippen LogP contribution >= 0.6 is 0 Å². The molecule has 3 rings (SSSR count). The number of hydrogen-bond acceptors (Lipinski definition) is 5. The molecule has 23 heavy (non-hydrogen) atoms. The summed E-state index contributed by atoms with van der Waals surface area (Å²) in [5, 5.41) is 6.47. The Bertz CT molecular complexity index is 754. The fraction of sp³-hybridized carbons (Fsp3) is 0.312. The third-order valence-corrected chi connectivity index (χ3v) is 3.77. The SMILES string of the molecule is COC(=O)N1CCc2ccc(NC(=O)c3cc(C)on3)cc2C1. The van der Waals surface area contributed by atoms with Crippen molar-refractivity contribution in [2.75, 3.05) is 19.0 Å². The molecule has 1 aliphatic heterocycles. The Kier molecular flexibility index (Phi) is 4.01. The quantitative estimate of drug-likeness (QED) is 0.919. The summed E-state index contributed by atoms with van der Waals surface area (Å²) in [7, 11) is 1.37. The van der Waals surface area contributed by atoms with Gasteiger partial charge in [0.15, 0.2) is 5.69 Å². The Morgan fingerprint density at radius 3 is 2.83 bits per heavy atom. The van der Waals surface area contributed by atoms with E-state index in [4.69, 9.17) is 9.26 Å². The van der Waals surface area contributed by atoms with Crippen molar-refractivity contribution in [3.8, 4) is 0 Å². The van der Waals surface area contributed by atoms with Crippen LogP contribution in [0.5, 0.6) is 0 Å². The standard InChI is InChI=1S/C16H17N3O4/c1-10-7-14(18-23-10)15(20)17-13-4-3-11-5-6-19(16(21)22-2)9-12(11)8-13/h3-4,7-8H,5-6,9H2,1-2H3,(H,17,20). The molecule has 0 saturated heterocycles. The van der Waals surface area contributed by atoms with Gasteiger partial charge in [0.25, 0.3) is 5.91 Å². The van der Waals surface area contributed by atoms with Crippen LogP contribution in [0.4, 0.5) is 10.5 Å². The van der Waals surface area contributed by atoms with E-state index in [-0.39, 0.29) is 17.7 Å². The number of fused-ring (bicyclic) bond motifs is 1. The summed E-state index contributed by atoms with van der Waals surface area (Å²) < 4.78 is 9.66. The molecule has 0 unspecified atom stereocenters. The molecule has 7 nitrogen and oxygen atoms in total. The summed E-state index contributed by atoms with van der Waals surface area (Å²) in [6, 6.07) is 7.26. The fourth-order valence-corrected chi connectivity index (χ4v) is 2.59. The number of aromatic nitrogens is 1. The molecule has 1 aliphatic rings. The maximum absolute atomic E-state index is 12.1. The second-order valence-corrected chi connectivity index (χ2v) is 5.40. The van der Waals surface area contributed by atoms with E-state index in [9.17, 15) is 9.59 Å². The summed E-state index contributed by atoms with van der Waals surface area (Å²) in [6.45, 7) is 2.82. The van der Waals surface area contributed by atoms with Crippen molar-refractivity contribution in [3.05, 3.63) is 46.8 Å². The van der Waals surface area contributed by atoms with Crippen molar-refractivity contribution in [2.24, 2.45) is 0 Å². The summed E-state index contributed by atoms with van der Waals surface area (Å²) in [5.74, 6) is 0.247. The lowest BCUT2D eigenvalue weighted by atomic mass is 9.99. The second-order valence-electron chi connectivity index (χ2n) is 5.40. The minimum atomic E-state index is -0.344. The molecule has 7 heteroatoms. The van der Waals surface area contributed by atoms with E-state index in [1.807, 2.05) is 18.2 Å². The highest BCUT2D eigenvalue weighted by Gasteiger charge is 2.21. The normalized spacial score (nSPS) is 13.4. The fourth-order valence-electron chi connectivity index (χ4n) is 2.59. The average Bonchev–Trinajstić information content (AvgIpc) is 3.00. The first kappa shape index (κ1) is 15.1. The van der Waals surface area contributed by atoms with E-state index in [2.05, 4.69) is 10.5 Å². The van der Waals surface area contributed by atoms with Crippen molar-refractivity contribution in [1.29, 1.82) is 0 Å². The van der Waals surface area contributed by atoms with Gasteiger partial charge in [0.1, 0.15) is 5.76 Å². The zero-order valence-corrected chi connectivity index (χ0v) is 13.0. The van der Waals surface area contributed by atoms with Gasteiger partial charge in [-0.1, -0.05) is 11.2 Å². The van der Waals surface area contributed by atoms with Gasteiger partial charge in [-0.2, -0.15) is 0 Å². The van der Waals surface area contributed by atoms with Crippen molar-refractivity contribution in [1.82, 2.24) is 10.1 Å². The van der Waals surface area contributed by atoms with Crippen LogP contribution in [0.3, 0.4) is 0 Å². The molecule has 2 amide bonds. The Morgan fingerprint density at radius 1 is 1.30 bits per heavy atom. The number of rotatable bonds is 2. The summed E-state index contributed by atoms with van der Waals surface area (Å²) in [5.41, 5.74) is 3.05. The highest BCUT2D eigenvalue weighted by atomic mass is 16.5. The van der Waals surface area contributed by atoms with Gasteiger partial charge in [0, 0.05) is 24.8 Å². The minimum absolute atomic E-state index is 0.233. The number of methoxy groups -OCH3 is 1. The molecule has 2 aromatic rings. The smallest absolute Gasteiger partial charge is 0.409 e. The van der Waals surface area contributed by atoms with E-state index in [1.54, 1.807) is 17.9 Å². The van der Waals surface area contributed by atoms with Crippen molar-refractivity contribution in [3.63, 3.8) is 0 Å². The summed E-state index contributed by atoms with van der Waals surface area (Å²) in [6.07, 6.45) is 0.421. The minimum Gasteiger partial charge on any atom is -0.453 e. The van der Waals surface area contributed by atoms with E-state index in [1.165, 1.54) is 12.7 Å². The molecule has 0 radical (unpaired) electrons. The van der Waals surface area contributed by atoms with E-state index in [0.717, 1.165) is 12.0 Å². The predicted molar refractivity (Wildman–Crippen MR) is 82.2 cm³/mol. The van der Waals surface area contributed by atoms with Crippen molar-refractivity contribution < 1.29 is 18.8 Å². The number of carbonyl (C=O) groups excluding carboxylic acids is 2. The molecule has 0 bridgehead atoms. The van der Waals surface area contributed by atoms with Crippen molar-refractivity contribution in [2.45, 2.75) is 19.9 Å². The summed E-state index contributed by atoms with van der Waals surface area (Å²) >= 11 is 0. The molecule has 1 aromatic carbocycles. The lowest BCUT2D eigenvalue weighted by molar-refractivity contribution is 0.101. The van der Waals surface area contributed by atoms with Crippen molar-refractivity contribution >= 4 is 17.7 Å². The first-order chi connectivity index (χ1) is 11.1. The Balaban J connectivity index is 1.75. The van der Waals surface area contributed by atoms with E-state index in [0.29, 0.717) is 24.5 Å². The second kappa shape index (κ2) is 6.12. The molecule has 0 fully saturated rings.